The molecule has 2 aromatic carbocycles. The van der Waals surface area contributed by atoms with Gasteiger partial charge in [-0.05, 0) is 28.1 Å². The first-order valence-corrected chi connectivity index (χ1v) is 8.32. The maximum Gasteiger partial charge on any atom is 0.422 e. The maximum atomic E-state index is 13.8. The maximum absolute atomic E-state index is 13.8. The molecule has 0 radical (unpaired) electrons. The molecule has 0 unspecified atom stereocenters. The van der Waals surface area contributed by atoms with Gasteiger partial charge in [-0.1, -0.05) is 15.9 Å². The normalized spacial score (nSPS) is 11.9. The average molecular weight is 524 g/mol. The first kappa shape index (κ1) is 21.5. The molecule has 0 aromatic heterocycles. The number of nitrogens with zero attached hydrogens (tertiary/aromatic N) is 1. The molecule has 0 atom stereocenters. The van der Waals surface area contributed by atoms with E-state index in [1.54, 1.807) is 11.5 Å². The smallest absolute Gasteiger partial charge is 0.422 e. The van der Waals surface area contributed by atoms with E-state index >= 15 is 0 Å². The molecule has 3 nitrogen and oxygen atoms in total. The molecule has 0 saturated heterocycles. The van der Waals surface area contributed by atoms with Crippen LogP contribution >= 0.6 is 31.9 Å². The first-order valence-electron chi connectivity index (χ1n) is 6.74. The van der Waals surface area contributed by atoms with Crippen molar-refractivity contribution in [3.63, 3.8) is 0 Å². The van der Waals surface area contributed by atoms with Crippen LogP contribution in [0.5, 0.6) is 5.75 Å². The van der Waals surface area contributed by atoms with Gasteiger partial charge in [-0.3, -0.25) is 5.43 Å². The molecular weight excluding hydrogens is 517 g/mol. The predicted octanol–water partition coefficient (Wildman–Crippen LogP) is 6.24. The zero-order valence-corrected chi connectivity index (χ0v) is 16.2. The quantitative estimate of drug-likeness (QED) is 0.223. The van der Waals surface area contributed by atoms with Gasteiger partial charge < -0.3 is 4.74 Å². The molecular formula is C15H7Br2F7N2O. The number of hydrogen-bond donors (Lipinski definition) is 1. The largest absolute Gasteiger partial charge is 0.495 e. The van der Waals surface area contributed by atoms with Crippen molar-refractivity contribution in [1.29, 1.82) is 0 Å². The Bertz CT molecular complexity index is 887. The highest BCUT2D eigenvalue weighted by Gasteiger charge is 2.42. The Labute approximate surface area is 164 Å². The van der Waals surface area contributed by atoms with Crippen LogP contribution in [0, 0.1) is 23.3 Å². The first-order chi connectivity index (χ1) is 12.5. The minimum absolute atomic E-state index is 0.273. The van der Waals surface area contributed by atoms with E-state index in [1.807, 2.05) is 0 Å². The summed E-state index contributed by atoms with van der Waals surface area (Å²) in [6, 6.07) is 3.12. The number of rotatable bonds is 4. The van der Waals surface area contributed by atoms with Gasteiger partial charge in [-0.25, -0.2) is 17.6 Å². The Kier molecular flexibility index (Phi) is 6.40. The second-order valence-corrected chi connectivity index (χ2v) is 6.65. The molecule has 0 heterocycles. The third-order valence-electron chi connectivity index (χ3n) is 3.17. The van der Waals surface area contributed by atoms with E-state index in [1.165, 1.54) is 13.2 Å². The zero-order chi connectivity index (χ0) is 20.5. The minimum atomic E-state index is -5.62. The number of benzene rings is 2. The van der Waals surface area contributed by atoms with Crippen molar-refractivity contribution in [2.75, 3.05) is 12.5 Å². The third-order valence-corrected chi connectivity index (χ3v) is 4.21. The SMILES string of the molecule is COc1c(Br)cc(Br)cc1C=NNc1c(F)c(F)c(C(F)(F)F)c(F)c1F. The van der Waals surface area contributed by atoms with Crippen molar-refractivity contribution in [2.24, 2.45) is 5.10 Å². The molecule has 27 heavy (non-hydrogen) atoms. The lowest BCUT2D eigenvalue weighted by Crippen LogP contribution is -2.16. The summed E-state index contributed by atoms with van der Waals surface area (Å²) in [5, 5.41) is 3.41. The Morgan fingerprint density at radius 3 is 2.04 bits per heavy atom. The molecule has 0 aliphatic rings. The van der Waals surface area contributed by atoms with Gasteiger partial charge >= 0.3 is 6.18 Å². The van der Waals surface area contributed by atoms with Crippen molar-refractivity contribution >= 4 is 43.8 Å². The molecule has 0 bridgehead atoms. The summed E-state index contributed by atoms with van der Waals surface area (Å²) < 4.78 is 98.4. The average Bonchev–Trinajstić information content (AvgIpc) is 2.54. The Hall–Kier alpha value is -1.82. The number of ether oxygens (including phenoxy) is 1. The third kappa shape index (κ3) is 4.37. The second kappa shape index (κ2) is 8.05. The van der Waals surface area contributed by atoms with E-state index in [2.05, 4.69) is 37.0 Å². The summed E-state index contributed by atoms with van der Waals surface area (Å²) >= 11 is 6.39. The number of nitrogens with one attached hydrogen (secondary N) is 1. The summed E-state index contributed by atoms with van der Waals surface area (Å²) in [5.74, 6) is -9.42. The van der Waals surface area contributed by atoms with Crippen LogP contribution in [0.2, 0.25) is 0 Å². The lowest BCUT2D eigenvalue weighted by Gasteiger charge is -2.13. The molecule has 0 spiro atoms. The van der Waals surface area contributed by atoms with Crippen molar-refractivity contribution in [2.45, 2.75) is 6.18 Å². The number of halogens is 9. The summed E-state index contributed by atoms with van der Waals surface area (Å²) in [5.41, 5.74) is -2.23. The summed E-state index contributed by atoms with van der Waals surface area (Å²) in [6.07, 6.45) is -4.63. The van der Waals surface area contributed by atoms with Gasteiger partial charge in [-0.2, -0.15) is 18.3 Å². The predicted molar refractivity (Wildman–Crippen MR) is 90.9 cm³/mol. The standard InChI is InChI=1S/C15H7Br2F7N2O/c1-27-14-5(2-6(16)3-7(14)17)4-25-26-13-11(20)9(18)8(15(22,23)24)10(19)12(13)21/h2-4,26H,1H3. The fourth-order valence-corrected chi connectivity index (χ4v) is 3.46. The lowest BCUT2D eigenvalue weighted by molar-refractivity contribution is -0.143. The van der Waals surface area contributed by atoms with Gasteiger partial charge in [0.2, 0.25) is 0 Å². The van der Waals surface area contributed by atoms with Crippen LogP contribution in [0.15, 0.2) is 26.2 Å². The number of hydrogen-bond acceptors (Lipinski definition) is 3. The van der Waals surface area contributed by atoms with Gasteiger partial charge in [0.15, 0.2) is 23.3 Å². The molecule has 0 amide bonds. The summed E-state index contributed by atoms with van der Waals surface area (Å²) in [4.78, 5) is 0. The molecule has 0 aliphatic carbocycles. The topological polar surface area (TPSA) is 33.6 Å². The van der Waals surface area contributed by atoms with E-state index < -0.39 is 40.7 Å². The van der Waals surface area contributed by atoms with Crippen LogP contribution in [0.25, 0.3) is 0 Å². The summed E-state index contributed by atoms with van der Waals surface area (Å²) in [7, 11) is 1.33. The Morgan fingerprint density at radius 1 is 1.00 bits per heavy atom. The Balaban J connectivity index is 2.44. The van der Waals surface area contributed by atoms with Crippen LogP contribution in [0.3, 0.4) is 0 Å². The fourth-order valence-electron chi connectivity index (χ4n) is 2.04. The fraction of sp³-hybridized carbons (Fsp3) is 0.133. The molecule has 2 aromatic rings. The van der Waals surface area contributed by atoms with Crippen molar-refractivity contribution in [3.8, 4) is 5.75 Å². The minimum Gasteiger partial charge on any atom is -0.495 e. The van der Waals surface area contributed by atoms with Crippen LogP contribution in [-0.4, -0.2) is 13.3 Å². The number of methoxy groups -OCH3 is 1. The molecule has 0 saturated carbocycles. The molecule has 1 N–H and O–H groups in total. The summed E-state index contributed by atoms with van der Waals surface area (Å²) in [6.45, 7) is 0. The van der Waals surface area contributed by atoms with Gasteiger partial charge in [0.1, 0.15) is 17.0 Å². The lowest BCUT2D eigenvalue weighted by atomic mass is 10.1. The van der Waals surface area contributed by atoms with E-state index in [0.29, 0.717) is 8.95 Å². The zero-order valence-electron chi connectivity index (χ0n) is 13.0. The molecule has 0 aliphatic heterocycles. The van der Waals surface area contributed by atoms with Gasteiger partial charge in [-0.15, -0.1) is 0 Å². The van der Waals surface area contributed by atoms with Crippen molar-refractivity contribution in [1.82, 2.24) is 0 Å². The van der Waals surface area contributed by atoms with Crippen LogP contribution in [0.4, 0.5) is 36.4 Å². The van der Waals surface area contributed by atoms with E-state index in [-0.39, 0.29) is 11.3 Å². The van der Waals surface area contributed by atoms with E-state index in [4.69, 9.17) is 4.74 Å². The highest BCUT2D eigenvalue weighted by atomic mass is 79.9. The van der Waals surface area contributed by atoms with Crippen LogP contribution in [0.1, 0.15) is 11.1 Å². The molecule has 0 fully saturated rings. The molecule has 12 heteroatoms. The monoisotopic (exact) mass is 522 g/mol. The van der Waals surface area contributed by atoms with E-state index in [0.717, 1.165) is 6.21 Å². The van der Waals surface area contributed by atoms with Crippen molar-refractivity contribution in [3.05, 3.63) is 55.5 Å². The number of hydrazone groups is 1. The van der Waals surface area contributed by atoms with Crippen LogP contribution < -0.4 is 10.2 Å². The van der Waals surface area contributed by atoms with Gasteiger partial charge in [0.25, 0.3) is 0 Å². The van der Waals surface area contributed by atoms with Gasteiger partial charge in [0, 0.05) is 10.0 Å². The van der Waals surface area contributed by atoms with Crippen molar-refractivity contribution < 1.29 is 35.5 Å². The van der Waals surface area contributed by atoms with Gasteiger partial charge in [0.05, 0.1) is 17.8 Å². The number of anilines is 1. The molecule has 146 valence electrons. The van der Waals surface area contributed by atoms with Crippen LogP contribution in [-0.2, 0) is 6.18 Å². The molecule has 2 rings (SSSR count). The Morgan fingerprint density at radius 2 is 1.56 bits per heavy atom. The highest BCUT2D eigenvalue weighted by molar-refractivity contribution is 9.11. The highest BCUT2D eigenvalue weighted by Crippen LogP contribution is 2.38. The second-order valence-electron chi connectivity index (χ2n) is 4.88. The number of alkyl halides is 3. The van der Waals surface area contributed by atoms with E-state index in [9.17, 15) is 30.7 Å².